The molecule has 1 amide bonds. The van der Waals surface area contributed by atoms with Gasteiger partial charge in [-0.25, -0.2) is 8.42 Å². The molecule has 0 unspecified atom stereocenters. The third-order valence-corrected chi connectivity index (χ3v) is 6.89. The molecule has 0 saturated carbocycles. The Bertz CT molecular complexity index is 1090. The third-order valence-electron chi connectivity index (χ3n) is 5.75. The predicted octanol–water partition coefficient (Wildman–Crippen LogP) is 3.49. The zero-order chi connectivity index (χ0) is 21.7. The van der Waals surface area contributed by atoms with Crippen molar-refractivity contribution in [3.8, 4) is 5.75 Å². The second kappa shape index (κ2) is 7.30. The maximum absolute atomic E-state index is 13.4. The van der Waals surface area contributed by atoms with E-state index in [1.807, 2.05) is 36.4 Å². The van der Waals surface area contributed by atoms with Crippen LogP contribution >= 0.6 is 0 Å². The van der Waals surface area contributed by atoms with Crippen LogP contribution in [0.25, 0.3) is 0 Å². The Kier molecular flexibility index (Phi) is 5.04. The zero-order valence-corrected chi connectivity index (χ0v) is 18.7. The number of carbonyl (C=O) groups excluding carboxylic acids is 1. The van der Waals surface area contributed by atoms with Crippen molar-refractivity contribution in [2.45, 2.75) is 45.1 Å². The summed E-state index contributed by atoms with van der Waals surface area (Å²) >= 11 is 0. The number of hydrogen-bond donors (Lipinski definition) is 0. The molecule has 0 bridgehead atoms. The van der Waals surface area contributed by atoms with Crippen LogP contribution in [0.3, 0.4) is 0 Å². The second-order valence-electron chi connectivity index (χ2n) is 9.06. The van der Waals surface area contributed by atoms with E-state index in [1.54, 1.807) is 11.0 Å². The molecule has 30 heavy (non-hydrogen) atoms. The minimum absolute atomic E-state index is 0.0308. The maximum atomic E-state index is 13.4. The molecule has 160 valence electrons. The normalized spacial score (nSPS) is 19.0. The van der Waals surface area contributed by atoms with Crippen LogP contribution in [0.15, 0.2) is 42.5 Å². The van der Waals surface area contributed by atoms with Crippen LogP contribution < -0.4 is 13.9 Å². The Morgan fingerprint density at radius 3 is 2.53 bits per heavy atom. The molecular weight excluding hydrogens is 400 g/mol. The Morgan fingerprint density at radius 1 is 1.10 bits per heavy atom. The predicted molar refractivity (Wildman–Crippen MR) is 119 cm³/mol. The fourth-order valence-corrected chi connectivity index (χ4v) is 5.00. The van der Waals surface area contributed by atoms with Crippen molar-refractivity contribution in [2.75, 3.05) is 28.6 Å². The molecule has 2 aromatic rings. The molecule has 0 aliphatic carbocycles. The summed E-state index contributed by atoms with van der Waals surface area (Å²) in [5, 5.41) is 0. The molecule has 0 radical (unpaired) electrons. The number of fused-ring (bicyclic) bond motifs is 2. The number of benzene rings is 2. The molecule has 0 saturated heterocycles. The molecule has 0 fully saturated rings. The summed E-state index contributed by atoms with van der Waals surface area (Å²) in [5.41, 5.74) is 3.38. The first-order valence-corrected chi connectivity index (χ1v) is 12.1. The van der Waals surface area contributed by atoms with Crippen LogP contribution in [-0.4, -0.2) is 39.8 Å². The van der Waals surface area contributed by atoms with Gasteiger partial charge in [0.1, 0.15) is 5.75 Å². The van der Waals surface area contributed by atoms with E-state index in [9.17, 15) is 13.2 Å². The number of sulfonamides is 1. The fraction of sp³-hybridized carbons (Fsp3) is 0.435. The number of rotatable bonds is 2. The van der Waals surface area contributed by atoms with E-state index in [4.69, 9.17) is 4.74 Å². The number of aryl methyl sites for hydroxylation is 1. The molecule has 2 aliphatic heterocycles. The van der Waals surface area contributed by atoms with Crippen LogP contribution in [0.4, 0.5) is 11.4 Å². The SMILES string of the molecule is CC(C)(C)c1ccc2c(c1)N(S(C)(=O)=O)C[C@@H](C(=O)N1CCCc3ccccc31)O2. The number of anilines is 2. The molecule has 2 aromatic carbocycles. The van der Waals surface area contributed by atoms with Gasteiger partial charge in [-0.05, 0) is 47.6 Å². The van der Waals surface area contributed by atoms with Crippen molar-refractivity contribution in [1.29, 1.82) is 0 Å². The Balaban J connectivity index is 1.71. The summed E-state index contributed by atoms with van der Waals surface area (Å²) in [4.78, 5) is 15.1. The highest BCUT2D eigenvalue weighted by atomic mass is 32.2. The molecule has 7 heteroatoms. The van der Waals surface area contributed by atoms with Crippen LogP contribution in [0.1, 0.15) is 38.3 Å². The Labute approximate surface area is 178 Å². The summed E-state index contributed by atoms with van der Waals surface area (Å²) in [7, 11) is -3.58. The molecule has 0 N–H and O–H groups in total. The first-order chi connectivity index (χ1) is 14.1. The number of ether oxygens (including phenoxy) is 1. The molecule has 0 spiro atoms. The summed E-state index contributed by atoms with van der Waals surface area (Å²) in [5.74, 6) is 0.213. The van der Waals surface area contributed by atoms with Gasteiger partial charge in [-0.3, -0.25) is 9.10 Å². The van der Waals surface area contributed by atoms with Crippen molar-refractivity contribution >= 4 is 27.3 Å². The first kappa shape index (κ1) is 20.7. The van der Waals surface area contributed by atoms with Crippen LogP contribution in [0, 0.1) is 0 Å². The monoisotopic (exact) mass is 428 g/mol. The topological polar surface area (TPSA) is 66.9 Å². The van der Waals surface area contributed by atoms with Gasteiger partial charge in [0.25, 0.3) is 5.91 Å². The lowest BCUT2D eigenvalue weighted by atomic mass is 9.86. The molecule has 1 atom stereocenters. The van der Waals surface area contributed by atoms with Gasteiger partial charge in [0.15, 0.2) is 6.10 Å². The van der Waals surface area contributed by atoms with Crippen molar-refractivity contribution in [2.24, 2.45) is 0 Å². The average molecular weight is 429 g/mol. The Morgan fingerprint density at radius 2 is 1.83 bits per heavy atom. The Hall–Kier alpha value is -2.54. The number of para-hydroxylation sites is 1. The van der Waals surface area contributed by atoms with E-state index < -0.39 is 16.1 Å². The van der Waals surface area contributed by atoms with Crippen molar-refractivity contribution in [3.63, 3.8) is 0 Å². The molecule has 2 heterocycles. The lowest BCUT2D eigenvalue weighted by molar-refractivity contribution is -0.125. The standard InChI is InChI=1S/C23H28N2O4S/c1-23(2,3)17-11-12-20-19(14-17)25(30(4,27)28)15-21(29-20)22(26)24-13-7-9-16-8-5-6-10-18(16)24/h5-6,8,10-12,14,21H,7,9,13,15H2,1-4H3/t21-/m0/s1. The average Bonchev–Trinajstić information content (AvgIpc) is 2.70. The molecule has 4 rings (SSSR count). The van der Waals surface area contributed by atoms with Gasteiger partial charge in [-0.1, -0.05) is 45.0 Å². The summed E-state index contributed by atoms with van der Waals surface area (Å²) in [6, 6.07) is 13.4. The molecule has 6 nitrogen and oxygen atoms in total. The minimum Gasteiger partial charge on any atom is -0.476 e. The maximum Gasteiger partial charge on any atom is 0.269 e. The second-order valence-corrected chi connectivity index (χ2v) is 11.0. The van der Waals surface area contributed by atoms with Crippen LogP contribution in [0.5, 0.6) is 5.75 Å². The molecule has 2 aliphatic rings. The number of carbonyl (C=O) groups is 1. The summed E-state index contributed by atoms with van der Waals surface area (Å²) in [6.45, 7) is 6.79. The van der Waals surface area contributed by atoms with E-state index in [0.29, 0.717) is 18.0 Å². The minimum atomic E-state index is -3.58. The van der Waals surface area contributed by atoms with Crippen molar-refractivity contribution < 1.29 is 17.9 Å². The highest BCUT2D eigenvalue weighted by Gasteiger charge is 2.38. The van der Waals surface area contributed by atoms with E-state index >= 15 is 0 Å². The summed E-state index contributed by atoms with van der Waals surface area (Å²) < 4.78 is 32.6. The summed E-state index contributed by atoms with van der Waals surface area (Å²) in [6.07, 6.45) is 2.08. The van der Waals surface area contributed by atoms with Gasteiger partial charge in [-0.2, -0.15) is 0 Å². The molecular formula is C23H28N2O4S. The number of amides is 1. The van der Waals surface area contributed by atoms with Gasteiger partial charge in [0.05, 0.1) is 18.5 Å². The van der Waals surface area contributed by atoms with Gasteiger partial charge in [-0.15, -0.1) is 0 Å². The van der Waals surface area contributed by atoms with Crippen LogP contribution in [0.2, 0.25) is 0 Å². The highest BCUT2D eigenvalue weighted by molar-refractivity contribution is 7.92. The third kappa shape index (κ3) is 3.78. The van der Waals surface area contributed by atoms with E-state index in [1.165, 1.54) is 10.6 Å². The number of nitrogens with zero attached hydrogens (tertiary/aromatic N) is 2. The highest BCUT2D eigenvalue weighted by Crippen LogP contribution is 2.39. The van der Waals surface area contributed by atoms with E-state index in [-0.39, 0.29) is 17.9 Å². The van der Waals surface area contributed by atoms with Crippen molar-refractivity contribution in [3.05, 3.63) is 53.6 Å². The van der Waals surface area contributed by atoms with E-state index in [0.717, 1.165) is 29.7 Å². The van der Waals surface area contributed by atoms with Gasteiger partial charge < -0.3 is 9.64 Å². The van der Waals surface area contributed by atoms with Crippen molar-refractivity contribution in [1.82, 2.24) is 0 Å². The van der Waals surface area contributed by atoms with Gasteiger partial charge >= 0.3 is 0 Å². The van der Waals surface area contributed by atoms with Gasteiger partial charge in [0.2, 0.25) is 10.0 Å². The fourth-order valence-electron chi connectivity index (χ4n) is 4.10. The van der Waals surface area contributed by atoms with Gasteiger partial charge in [0, 0.05) is 12.2 Å². The number of hydrogen-bond acceptors (Lipinski definition) is 4. The zero-order valence-electron chi connectivity index (χ0n) is 17.9. The largest absolute Gasteiger partial charge is 0.476 e. The lowest BCUT2D eigenvalue weighted by Crippen LogP contribution is -2.52. The van der Waals surface area contributed by atoms with E-state index in [2.05, 4.69) is 20.8 Å². The lowest BCUT2D eigenvalue weighted by Gasteiger charge is -2.38. The molecule has 0 aromatic heterocycles. The smallest absolute Gasteiger partial charge is 0.269 e. The quantitative estimate of drug-likeness (QED) is 0.734. The first-order valence-electron chi connectivity index (χ1n) is 10.2. The van der Waals surface area contributed by atoms with Crippen LogP contribution in [-0.2, 0) is 26.7 Å².